The molecule has 2 aliphatic rings. The van der Waals surface area contributed by atoms with Crippen LogP contribution in [0.4, 0.5) is 54.8 Å². The molecule has 1 aliphatic carbocycles. The number of benzene rings is 2. The molecule has 0 N–H and O–H groups in total. The standard InChI is InChI=1S/C28H27F9N2O4/c1-14(2)43-25(41)39-21-7-6-17(26(29,30)31)11-20(21)23(12-22(39)16-4-5-16)38(24(40)42-3)13-15-8-18(27(32,33)34)10-19(9-15)28(35,36)37/h6-11,14,16,22-23H,4-5,12-13H2,1-3H3/t22-,23+/m1/s1. The van der Waals surface area contributed by atoms with Crippen LogP contribution in [0.3, 0.4) is 0 Å². The van der Waals surface area contributed by atoms with Gasteiger partial charge in [0.15, 0.2) is 0 Å². The molecule has 0 radical (unpaired) electrons. The normalized spacial score (nSPS) is 19.2. The molecule has 15 heteroatoms. The van der Waals surface area contributed by atoms with Crippen LogP contribution in [0, 0.1) is 5.92 Å². The number of carbonyl (C=O) groups is 2. The highest BCUT2D eigenvalue weighted by atomic mass is 19.4. The largest absolute Gasteiger partial charge is 0.453 e. The van der Waals surface area contributed by atoms with E-state index in [0.29, 0.717) is 31.0 Å². The molecule has 1 fully saturated rings. The minimum atomic E-state index is -5.17. The second kappa shape index (κ2) is 11.5. The number of ether oxygens (including phenoxy) is 2. The molecule has 0 unspecified atom stereocenters. The average Bonchev–Trinajstić information content (AvgIpc) is 3.73. The van der Waals surface area contributed by atoms with Gasteiger partial charge in [-0.1, -0.05) is 0 Å². The van der Waals surface area contributed by atoms with Gasteiger partial charge >= 0.3 is 30.7 Å². The van der Waals surface area contributed by atoms with Gasteiger partial charge in [-0.05, 0) is 86.6 Å². The van der Waals surface area contributed by atoms with E-state index in [1.807, 2.05) is 0 Å². The lowest BCUT2D eigenvalue weighted by Crippen LogP contribution is -2.50. The van der Waals surface area contributed by atoms with Gasteiger partial charge in [0.1, 0.15) is 0 Å². The van der Waals surface area contributed by atoms with Gasteiger partial charge in [-0.15, -0.1) is 0 Å². The van der Waals surface area contributed by atoms with Gasteiger partial charge in [0, 0.05) is 12.6 Å². The number of halogens is 9. The van der Waals surface area contributed by atoms with Crippen LogP contribution in [0.25, 0.3) is 0 Å². The molecule has 0 saturated heterocycles. The van der Waals surface area contributed by atoms with Crippen molar-refractivity contribution >= 4 is 17.9 Å². The van der Waals surface area contributed by atoms with Crippen molar-refractivity contribution in [3.8, 4) is 0 Å². The van der Waals surface area contributed by atoms with E-state index >= 15 is 0 Å². The summed E-state index contributed by atoms with van der Waals surface area (Å²) in [5, 5.41) is 0. The summed E-state index contributed by atoms with van der Waals surface area (Å²) in [6.07, 6.45) is -16.7. The molecule has 0 spiro atoms. The molecule has 1 saturated carbocycles. The van der Waals surface area contributed by atoms with Crippen LogP contribution < -0.4 is 4.90 Å². The summed E-state index contributed by atoms with van der Waals surface area (Å²) in [6.45, 7) is 2.29. The van der Waals surface area contributed by atoms with Crippen molar-refractivity contribution in [3.63, 3.8) is 0 Å². The van der Waals surface area contributed by atoms with E-state index in [9.17, 15) is 49.1 Å². The van der Waals surface area contributed by atoms with Crippen LogP contribution in [0.15, 0.2) is 36.4 Å². The summed E-state index contributed by atoms with van der Waals surface area (Å²) in [5.74, 6) is -0.137. The minimum Gasteiger partial charge on any atom is -0.453 e. The maximum absolute atomic E-state index is 13.8. The fourth-order valence-corrected chi connectivity index (χ4v) is 5.26. The Morgan fingerprint density at radius 1 is 0.884 bits per heavy atom. The molecule has 2 aromatic rings. The third-order valence-electron chi connectivity index (χ3n) is 7.25. The van der Waals surface area contributed by atoms with Crippen LogP contribution in [0.5, 0.6) is 0 Å². The Morgan fingerprint density at radius 2 is 1.44 bits per heavy atom. The first-order valence-corrected chi connectivity index (χ1v) is 13.1. The number of nitrogens with zero attached hydrogens (tertiary/aromatic N) is 2. The second-order valence-corrected chi connectivity index (χ2v) is 10.7. The molecular weight excluding hydrogens is 599 g/mol. The van der Waals surface area contributed by atoms with Crippen molar-refractivity contribution in [1.29, 1.82) is 0 Å². The molecule has 2 aromatic carbocycles. The second-order valence-electron chi connectivity index (χ2n) is 10.7. The zero-order chi connectivity index (χ0) is 32.1. The third-order valence-corrected chi connectivity index (χ3v) is 7.25. The van der Waals surface area contributed by atoms with Crippen molar-refractivity contribution in [2.75, 3.05) is 12.0 Å². The first kappa shape index (κ1) is 32.3. The van der Waals surface area contributed by atoms with Crippen molar-refractivity contribution in [2.45, 2.75) is 76.4 Å². The van der Waals surface area contributed by atoms with Crippen LogP contribution in [0.1, 0.15) is 67.0 Å². The fourth-order valence-electron chi connectivity index (χ4n) is 5.26. The number of fused-ring (bicyclic) bond motifs is 1. The SMILES string of the molecule is COC(=O)N(Cc1cc(C(F)(F)F)cc(C(F)(F)F)c1)[C@H]1C[C@H](C2CC2)N(C(=O)OC(C)C)c2ccc(C(F)(F)F)cc21. The van der Waals surface area contributed by atoms with E-state index in [-0.39, 0.29) is 29.7 Å². The highest BCUT2D eigenvalue weighted by Gasteiger charge is 2.48. The zero-order valence-corrected chi connectivity index (χ0v) is 23.0. The Kier molecular flexibility index (Phi) is 8.59. The summed E-state index contributed by atoms with van der Waals surface area (Å²) >= 11 is 0. The molecule has 2 amide bonds. The van der Waals surface area contributed by atoms with E-state index in [4.69, 9.17) is 9.47 Å². The monoisotopic (exact) mass is 626 g/mol. The van der Waals surface area contributed by atoms with Gasteiger partial charge in [0.25, 0.3) is 0 Å². The summed E-state index contributed by atoms with van der Waals surface area (Å²) in [6, 6.07) is 1.29. The number of methoxy groups -OCH3 is 1. The van der Waals surface area contributed by atoms with Crippen LogP contribution >= 0.6 is 0 Å². The van der Waals surface area contributed by atoms with Crippen molar-refractivity contribution < 1.29 is 58.6 Å². The lowest BCUT2D eigenvalue weighted by atomic mass is 9.86. The van der Waals surface area contributed by atoms with E-state index in [2.05, 4.69) is 0 Å². The van der Waals surface area contributed by atoms with E-state index in [1.54, 1.807) is 13.8 Å². The van der Waals surface area contributed by atoms with Gasteiger partial charge < -0.3 is 9.47 Å². The minimum absolute atomic E-state index is 0.0271. The molecular formula is C28H27F9N2O4. The topological polar surface area (TPSA) is 59.1 Å². The maximum atomic E-state index is 13.8. The zero-order valence-electron chi connectivity index (χ0n) is 23.0. The molecule has 1 heterocycles. The summed E-state index contributed by atoms with van der Waals surface area (Å²) < 4.78 is 133. The number of rotatable bonds is 5. The molecule has 236 valence electrons. The highest BCUT2D eigenvalue weighted by Crippen LogP contribution is 2.50. The van der Waals surface area contributed by atoms with Crippen LogP contribution in [0.2, 0.25) is 0 Å². The van der Waals surface area contributed by atoms with E-state index in [1.165, 1.54) is 4.90 Å². The van der Waals surface area contributed by atoms with Crippen molar-refractivity contribution in [2.24, 2.45) is 5.92 Å². The third kappa shape index (κ3) is 7.12. The first-order valence-electron chi connectivity index (χ1n) is 13.1. The molecule has 2 atom stereocenters. The Labute approximate surface area is 240 Å². The number of amides is 2. The Hall–Kier alpha value is -3.65. The molecule has 43 heavy (non-hydrogen) atoms. The summed E-state index contributed by atoms with van der Waals surface area (Å²) in [5.41, 5.74) is -5.18. The fraction of sp³-hybridized carbons (Fsp3) is 0.500. The highest BCUT2D eigenvalue weighted by molar-refractivity contribution is 5.91. The van der Waals surface area contributed by atoms with Gasteiger partial charge in [-0.2, -0.15) is 39.5 Å². The Bertz CT molecular complexity index is 1340. The Morgan fingerprint density at radius 3 is 1.91 bits per heavy atom. The van der Waals surface area contributed by atoms with Crippen LogP contribution in [-0.4, -0.2) is 36.3 Å². The smallest absolute Gasteiger partial charge is 0.416 e. The number of anilines is 1. The lowest BCUT2D eigenvalue weighted by molar-refractivity contribution is -0.143. The molecule has 6 nitrogen and oxygen atoms in total. The number of hydrogen-bond donors (Lipinski definition) is 0. The molecule has 0 bridgehead atoms. The predicted octanol–water partition coefficient (Wildman–Crippen LogP) is 8.59. The molecule has 1 aliphatic heterocycles. The number of alkyl halides is 9. The molecule has 4 rings (SSSR count). The van der Waals surface area contributed by atoms with Crippen molar-refractivity contribution in [1.82, 2.24) is 4.90 Å². The summed E-state index contributed by atoms with van der Waals surface area (Å²) in [7, 11) is 0.920. The Balaban J connectivity index is 1.88. The number of carbonyl (C=O) groups excluding carboxylic acids is 2. The summed E-state index contributed by atoms with van der Waals surface area (Å²) in [4.78, 5) is 28.2. The first-order chi connectivity index (χ1) is 19.8. The number of hydrogen-bond acceptors (Lipinski definition) is 4. The van der Waals surface area contributed by atoms with E-state index < -0.39 is 77.7 Å². The molecule has 0 aromatic heterocycles. The van der Waals surface area contributed by atoms with Gasteiger partial charge in [0.05, 0.1) is 41.6 Å². The van der Waals surface area contributed by atoms with Gasteiger partial charge in [0.2, 0.25) is 0 Å². The van der Waals surface area contributed by atoms with Crippen LogP contribution in [-0.2, 0) is 34.5 Å². The quantitative estimate of drug-likeness (QED) is 0.312. The van der Waals surface area contributed by atoms with E-state index in [0.717, 1.165) is 24.1 Å². The predicted molar refractivity (Wildman–Crippen MR) is 134 cm³/mol. The van der Waals surface area contributed by atoms with Crippen molar-refractivity contribution in [3.05, 3.63) is 64.2 Å². The lowest BCUT2D eigenvalue weighted by Gasteiger charge is -2.44. The van der Waals surface area contributed by atoms with Gasteiger partial charge in [-0.3, -0.25) is 9.80 Å². The average molecular weight is 627 g/mol. The van der Waals surface area contributed by atoms with Gasteiger partial charge in [-0.25, -0.2) is 9.59 Å². The maximum Gasteiger partial charge on any atom is 0.416 e.